The molecule has 0 bridgehead atoms. The lowest BCUT2D eigenvalue weighted by Gasteiger charge is -2.36. The molecule has 5 heteroatoms. The Morgan fingerprint density at radius 1 is 0.903 bits per heavy atom. The molecule has 31 heavy (non-hydrogen) atoms. The highest BCUT2D eigenvalue weighted by Crippen LogP contribution is 2.25. The maximum atomic E-state index is 13.2. The largest absolute Gasteiger partial charge is 0.324 e. The summed E-state index contributed by atoms with van der Waals surface area (Å²) in [6.45, 7) is 6.00. The summed E-state index contributed by atoms with van der Waals surface area (Å²) in [6.07, 6.45) is 0.900. The van der Waals surface area contributed by atoms with Gasteiger partial charge in [0.15, 0.2) is 0 Å². The van der Waals surface area contributed by atoms with E-state index >= 15 is 0 Å². The molecule has 1 aliphatic heterocycles. The van der Waals surface area contributed by atoms with Crippen LogP contribution in [0.15, 0.2) is 72.8 Å². The fourth-order valence-corrected chi connectivity index (χ4v) is 3.94. The molecule has 0 spiro atoms. The summed E-state index contributed by atoms with van der Waals surface area (Å²) in [6, 6.07) is 23.2. The van der Waals surface area contributed by atoms with Gasteiger partial charge >= 0.3 is 6.03 Å². The molecule has 3 amide bonds. The quantitative estimate of drug-likeness (QED) is 0.610. The molecule has 3 aromatic carbocycles. The molecule has 1 heterocycles. The Kier molecular flexibility index (Phi) is 6.03. The molecule has 158 valence electrons. The van der Waals surface area contributed by atoms with E-state index in [2.05, 4.69) is 24.4 Å². The van der Waals surface area contributed by atoms with Crippen molar-refractivity contribution in [1.82, 2.24) is 4.90 Å². The van der Waals surface area contributed by atoms with E-state index < -0.39 is 0 Å². The molecular weight excluding hydrogens is 386 g/mol. The van der Waals surface area contributed by atoms with Crippen LogP contribution in [0.3, 0.4) is 0 Å². The number of nitrogens with zero attached hydrogens (tertiary/aromatic N) is 2. The first-order valence-corrected chi connectivity index (χ1v) is 10.6. The van der Waals surface area contributed by atoms with Crippen LogP contribution in [-0.2, 0) is 6.54 Å². The number of anilines is 2. The van der Waals surface area contributed by atoms with Gasteiger partial charge in [-0.05, 0) is 61.2 Å². The van der Waals surface area contributed by atoms with Gasteiger partial charge in [-0.3, -0.25) is 9.69 Å². The average Bonchev–Trinajstić information content (AvgIpc) is 2.77. The predicted molar refractivity (Wildman–Crippen MR) is 125 cm³/mol. The minimum atomic E-state index is -0.151. The van der Waals surface area contributed by atoms with Crippen molar-refractivity contribution in [3.05, 3.63) is 95.1 Å². The van der Waals surface area contributed by atoms with Crippen molar-refractivity contribution in [2.45, 2.75) is 26.8 Å². The number of carbonyl (C=O) groups excluding carboxylic acids is 2. The Morgan fingerprint density at radius 2 is 1.65 bits per heavy atom. The first-order valence-electron chi connectivity index (χ1n) is 10.6. The Bertz CT molecular complexity index is 1110. The van der Waals surface area contributed by atoms with Gasteiger partial charge in [-0.2, -0.15) is 0 Å². The third-order valence-electron chi connectivity index (χ3n) is 5.74. The number of carbonyl (C=O) groups is 2. The van der Waals surface area contributed by atoms with Crippen LogP contribution in [0.2, 0.25) is 0 Å². The Balaban J connectivity index is 1.50. The molecule has 0 unspecified atom stereocenters. The van der Waals surface area contributed by atoms with Crippen molar-refractivity contribution < 1.29 is 9.59 Å². The monoisotopic (exact) mass is 413 g/mol. The molecule has 3 aromatic rings. The molecule has 1 aliphatic rings. The highest BCUT2D eigenvalue weighted by atomic mass is 16.2. The normalized spacial score (nSPS) is 13.9. The molecule has 0 saturated carbocycles. The lowest BCUT2D eigenvalue weighted by molar-refractivity contribution is 0.102. The maximum absolute atomic E-state index is 13.2. The summed E-state index contributed by atoms with van der Waals surface area (Å²) in [5.74, 6) is -0.151. The van der Waals surface area contributed by atoms with Gasteiger partial charge in [0.25, 0.3) is 5.91 Å². The van der Waals surface area contributed by atoms with Crippen molar-refractivity contribution in [2.75, 3.05) is 23.3 Å². The summed E-state index contributed by atoms with van der Waals surface area (Å²) in [4.78, 5) is 29.6. The van der Waals surface area contributed by atoms with Gasteiger partial charge in [0.1, 0.15) is 0 Å². The van der Waals surface area contributed by atoms with E-state index in [0.29, 0.717) is 24.3 Å². The number of hydrogen-bond donors (Lipinski definition) is 1. The second kappa shape index (κ2) is 9.04. The first-order chi connectivity index (χ1) is 15.0. The number of benzene rings is 3. The van der Waals surface area contributed by atoms with Crippen molar-refractivity contribution in [2.24, 2.45) is 0 Å². The molecule has 0 aromatic heterocycles. The number of hydrogen-bond acceptors (Lipinski definition) is 2. The van der Waals surface area contributed by atoms with E-state index in [4.69, 9.17) is 0 Å². The van der Waals surface area contributed by atoms with E-state index in [1.54, 1.807) is 4.90 Å². The summed E-state index contributed by atoms with van der Waals surface area (Å²) >= 11 is 0. The average molecular weight is 414 g/mol. The summed E-state index contributed by atoms with van der Waals surface area (Å²) in [5, 5.41) is 2.96. The van der Waals surface area contributed by atoms with Crippen LogP contribution in [0.25, 0.3) is 0 Å². The topological polar surface area (TPSA) is 52.6 Å². The second-order valence-electron chi connectivity index (χ2n) is 7.96. The van der Waals surface area contributed by atoms with Crippen LogP contribution in [0.5, 0.6) is 0 Å². The molecular formula is C26H27N3O2. The molecule has 0 atom stereocenters. The van der Waals surface area contributed by atoms with Crippen LogP contribution in [0, 0.1) is 13.8 Å². The molecule has 0 aliphatic carbocycles. The maximum Gasteiger partial charge on any atom is 0.324 e. The summed E-state index contributed by atoms with van der Waals surface area (Å²) in [5.41, 5.74) is 5.39. The number of amides is 3. The van der Waals surface area contributed by atoms with E-state index in [9.17, 15) is 9.59 Å². The van der Waals surface area contributed by atoms with E-state index in [1.165, 1.54) is 5.56 Å². The van der Waals surface area contributed by atoms with Gasteiger partial charge in [-0.15, -0.1) is 0 Å². The van der Waals surface area contributed by atoms with Gasteiger partial charge in [-0.1, -0.05) is 48.5 Å². The number of aryl methyl sites for hydroxylation is 2. The van der Waals surface area contributed by atoms with Crippen LogP contribution in [0.1, 0.15) is 33.5 Å². The summed E-state index contributed by atoms with van der Waals surface area (Å²) < 4.78 is 0. The van der Waals surface area contributed by atoms with E-state index in [1.807, 2.05) is 72.5 Å². The van der Waals surface area contributed by atoms with Crippen LogP contribution < -0.4 is 10.2 Å². The first kappa shape index (κ1) is 20.7. The lowest BCUT2D eigenvalue weighted by Crippen LogP contribution is -2.49. The number of rotatable bonds is 5. The lowest BCUT2D eigenvalue weighted by atomic mass is 10.1. The molecule has 1 N–H and O–H groups in total. The SMILES string of the molecule is Cc1ccccc1CN1CCCN(c2cccc(NC(=O)c3ccccc3C)c2)C1=O. The summed E-state index contributed by atoms with van der Waals surface area (Å²) in [7, 11) is 0. The number of urea groups is 1. The molecule has 0 radical (unpaired) electrons. The van der Waals surface area contributed by atoms with Crippen LogP contribution in [0.4, 0.5) is 16.2 Å². The van der Waals surface area contributed by atoms with E-state index in [0.717, 1.165) is 29.8 Å². The zero-order valence-corrected chi connectivity index (χ0v) is 18.0. The van der Waals surface area contributed by atoms with Crippen LogP contribution in [-0.4, -0.2) is 29.9 Å². The van der Waals surface area contributed by atoms with Crippen molar-refractivity contribution in [3.8, 4) is 0 Å². The third-order valence-corrected chi connectivity index (χ3v) is 5.74. The minimum absolute atomic E-state index is 0.00289. The Labute approximate surface area is 183 Å². The molecule has 1 saturated heterocycles. The van der Waals surface area contributed by atoms with Gasteiger partial charge in [-0.25, -0.2) is 4.79 Å². The third kappa shape index (κ3) is 4.61. The van der Waals surface area contributed by atoms with Gasteiger partial charge in [0.2, 0.25) is 0 Å². The van der Waals surface area contributed by atoms with Crippen LogP contribution >= 0.6 is 0 Å². The highest BCUT2D eigenvalue weighted by Gasteiger charge is 2.27. The van der Waals surface area contributed by atoms with Gasteiger partial charge < -0.3 is 10.2 Å². The van der Waals surface area contributed by atoms with Gasteiger partial charge in [0, 0.05) is 36.6 Å². The fourth-order valence-electron chi connectivity index (χ4n) is 3.94. The van der Waals surface area contributed by atoms with Crippen molar-refractivity contribution in [3.63, 3.8) is 0 Å². The highest BCUT2D eigenvalue weighted by molar-refractivity contribution is 6.05. The van der Waals surface area contributed by atoms with Gasteiger partial charge in [0.05, 0.1) is 0 Å². The zero-order chi connectivity index (χ0) is 21.8. The number of nitrogens with one attached hydrogen (secondary N) is 1. The zero-order valence-electron chi connectivity index (χ0n) is 18.0. The molecule has 4 rings (SSSR count). The smallest absolute Gasteiger partial charge is 0.322 e. The molecule has 5 nitrogen and oxygen atoms in total. The predicted octanol–water partition coefficient (Wildman–Crippen LogP) is 5.39. The fraction of sp³-hybridized carbons (Fsp3) is 0.231. The standard InChI is InChI=1S/C26H27N3O2/c1-19-9-3-5-11-21(19)18-28-15-8-16-29(26(28)31)23-13-7-12-22(17-23)27-25(30)24-14-6-4-10-20(24)2/h3-7,9-14,17H,8,15-16,18H2,1-2H3,(H,27,30). The molecule has 1 fully saturated rings. The van der Waals surface area contributed by atoms with E-state index in [-0.39, 0.29) is 11.9 Å². The second-order valence-corrected chi connectivity index (χ2v) is 7.96. The Morgan fingerprint density at radius 3 is 2.42 bits per heavy atom. The Hall–Kier alpha value is -3.60. The van der Waals surface area contributed by atoms with Crippen molar-refractivity contribution in [1.29, 1.82) is 0 Å². The van der Waals surface area contributed by atoms with Crippen molar-refractivity contribution >= 4 is 23.3 Å². The minimum Gasteiger partial charge on any atom is -0.322 e.